The molecule has 2 rings (SSSR count). The Kier molecular flexibility index (Phi) is 5.46. The number of hydrogen-bond donors (Lipinski definition) is 1. The van der Waals surface area contributed by atoms with E-state index in [1.54, 1.807) is 0 Å². The fraction of sp³-hybridized carbons (Fsp3) is 1.00. The van der Waals surface area contributed by atoms with Crippen LogP contribution in [0.3, 0.4) is 0 Å². The van der Waals surface area contributed by atoms with Crippen LogP contribution in [0.2, 0.25) is 0 Å². The van der Waals surface area contributed by atoms with Gasteiger partial charge in [-0.1, -0.05) is 0 Å². The summed E-state index contributed by atoms with van der Waals surface area (Å²) in [5.74, 6) is 0.903. The topological polar surface area (TPSA) is 24.5 Å². The Morgan fingerprint density at radius 2 is 1.89 bits per heavy atom. The highest BCUT2D eigenvalue weighted by Gasteiger charge is 2.36. The van der Waals surface area contributed by atoms with Gasteiger partial charge in [0.25, 0.3) is 0 Å². The Balaban J connectivity index is 1.77. The summed E-state index contributed by atoms with van der Waals surface area (Å²) in [6.07, 6.45) is 5.73. The van der Waals surface area contributed by atoms with Gasteiger partial charge in [-0.05, 0) is 65.5 Å². The second-order valence-corrected chi connectivity index (χ2v) is 6.19. The maximum absolute atomic E-state index is 5.69. The first-order valence-corrected chi connectivity index (χ1v) is 7.78. The highest BCUT2D eigenvalue weighted by atomic mass is 16.5. The predicted molar refractivity (Wildman–Crippen MR) is 75.9 cm³/mol. The third kappa shape index (κ3) is 3.69. The van der Waals surface area contributed by atoms with E-state index in [0.717, 1.165) is 18.6 Å². The zero-order valence-electron chi connectivity index (χ0n) is 12.3. The van der Waals surface area contributed by atoms with Crippen LogP contribution in [0.25, 0.3) is 0 Å². The van der Waals surface area contributed by atoms with Crippen molar-refractivity contribution in [1.82, 2.24) is 10.2 Å². The van der Waals surface area contributed by atoms with Gasteiger partial charge in [0.1, 0.15) is 0 Å². The van der Waals surface area contributed by atoms with Crippen LogP contribution in [0, 0.1) is 5.92 Å². The highest BCUT2D eigenvalue weighted by molar-refractivity contribution is 4.90. The minimum absolute atomic E-state index is 0.536. The van der Waals surface area contributed by atoms with Crippen molar-refractivity contribution in [1.29, 1.82) is 0 Å². The molecule has 0 aromatic heterocycles. The lowest BCUT2D eigenvalue weighted by Crippen LogP contribution is -2.53. The van der Waals surface area contributed by atoms with Gasteiger partial charge in [0.05, 0.1) is 6.10 Å². The molecule has 0 aromatic rings. The van der Waals surface area contributed by atoms with Gasteiger partial charge in [0.15, 0.2) is 0 Å². The summed E-state index contributed by atoms with van der Waals surface area (Å²) >= 11 is 0. The Morgan fingerprint density at radius 3 is 2.44 bits per heavy atom. The molecule has 0 unspecified atom stereocenters. The molecule has 1 heterocycles. The van der Waals surface area contributed by atoms with E-state index < -0.39 is 0 Å². The molecule has 1 aliphatic heterocycles. The lowest BCUT2D eigenvalue weighted by atomic mass is 9.85. The molecule has 2 fully saturated rings. The van der Waals surface area contributed by atoms with E-state index in [4.69, 9.17) is 4.74 Å². The minimum atomic E-state index is 0.536. The maximum atomic E-state index is 5.69. The van der Waals surface area contributed by atoms with Crippen molar-refractivity contribution in [2.75, 3.05) is 26.2 Å². The van der Waals surface area contributed by atoms with Gasteiger partial charge in [-0.15, -0.1) is 0 Å². The molecule has 0 amide bonds. The Bertz CT molecular complexity index is 233. The normalized spacial score (nSPS) is 29.8. The van der Waals surface area contributed by atoms with E-state index in [9.17, 15) is 0 Å². The first-order chi connectivity index (χ1) is 8.70. The Labute approximate surface area is 112 Å². The Hall–Kier alpha value is -0.120. The summed E-state index contributed by atoms with van der Waals surface area (Å²) in [4.78, 5) is 2.73. The van der Waals surface area contributed by atoms with Crippen LogP contribution in [-0.4, -0.2) is 49.3 Å². The SMILES string of the molecule is CCOC1CC(N(CC2CCNCC2)C(C)C)C1. The summed E-state index contributed by atoms with van der Waals surface area (Å²) in [6, 6.07) is 1.45. The fourth-order valence-electron chi connectivity index (χ4n) is 3.32. The van der Waals surface area contributed by atoms with Crippen LogP contribution in [0.15, 0.2) is 0 Å². The van der Waals surface area contributed by atoms with Gasteiger partial charge >= 0.3 is 0 Å². The monoisotopic (exact) mass is 254 g/mol. The highest BCUT2D eigenvalue weighted by Crippen LogP contribution is 2.31. The molecule has 0 spiro atoms. The zero-order valence-corrected chi connectivity index (χ0v) is 12.3. The van der Waals surface area contributed by atoms with Crippen molar-refractivity contribution in [2.24, 2.45) is 5.92 Å². The van der Waals surface area contributed by atoms with E-state index in [1.807, 2.05) is 0 Å². The van der Waals surface area contributed by atoms with Crippen LogP contribution in [0.4, 0.5) is 0 Å². The first kappa shape index (κ1) is 14.3. The maximum Gasteiger partial charge on any atom is 0.0604 e. The molecular formula is C15H30N2O. The van der Waals surface area contributed by atoms with Crippen LogP contribution in [0.1, 0.15) is 46.5 Å². The van der Waals surface area contributed by atoms with Gasteiger partial charge in [0, 0.05) is 25.2 Å². The molecule has 18 heavy (non-hydrogen) atoms. The predicted octanol–water partition coefficient (Wildman–Crippen LogP) is 2.26. The number of nitrogens with zero attached hydrogens (tertiary/aromatic N) is 1. The lowest BCUT2D eigenvalue weighted by molar-refractivity contribution is -0.0587. The average molecular weight is 254 g/mol. The van der Waals surface area contributed by atoms with Gasteiger partial charge in [-0.25, -0.2) is 0 Å². The van der Waals surface area contributed by atoms with Crippen LogP contribution >= 0.6 is 0 Å². The average Bonchev–Trinajstić information content (AvgIpc) is 2.32. The van der Waals surface area contributed by atoms with Gasteiger partial charge in [-0.3, -0.25) is 4.90 Å². The second-order valence-electron chi connectivity index (χ2n) is 6.19. The van der Waals surface area contributed by atoms with Gasteiger partial charge < -0.3 is 10.1 Å². The third-order valence-electron chi connectivity index (χ3n) is 4.53. The van der Waals surface area contributed by atoms with Gasteiger partial charge in [0.2, 0.25) is 0 Å². The molecule has 3 heteroatoms. The molecule has 0 radical (unpaired) electrons. The minimum Gasteiger partial charge on any atom is -0.378 e. The molecule has 1 saturated carbocycles. The van der Waals surface area contributed by atoms with Crippen molar-refractivity contribution >= 4 is 0 Å². The zero-order chi connectivity index (χ0) is 13.0. The standard InChI is InChI=1S/C15H30N2O/c1-4-18-15-9-14(10-15)17(12(2)3)11-13-5-7-16-8-6-13/h12-16H,4-11H2,1-3H3. The van der Waals surface area contributed by atoms with Crippen molar-refractivity contribution in [3.8, 4) is 0 Å². The molecule has 1 saturated heterocycles. The molecule has 1 N–H and O–H groups in total. The van der Waals surface area contributed by atoms with Crippen molar-refractivity contribution in [3.63, 3.8) is 0 Å². The number of nitrogens with one attached hydrogen (secondary N) is 1. The van der Waals surface area contributed by atoms with Gasteiger partial charge in [-0.2, -0.15) is 0 Å². The molecule has 0 atom stereocenters. The van der Waals surface area contributed by atoms with Crippen molar-refractivity contribution in [3.05, 3.63) is 0 Å². The van der Waals surface area contributed by atoms with Crippen LogP contribution in [-0.2, 0) is 4.74 Å². The van der Waals surface area contributed by atoms with E-state index in [-0.39, 0.29) is 0 Å². The molecule has 1 aliphatic carbocycles. The number of piperidine rings is 1. The number of ether oxygens (including phenoxy) is 1. The van der Waals surface area contributed by atoms with Crippen LogP contribution in [0.5, 0.6) is 0 Å². The number of hydrogen-bond acceptors (Lipinski definition) is 3. The third-order valence-corrected chi connectivity index (χ3v) is 4.53. The van der Waals surface area contributed by atoms with Crippen molar-refractivity contribution < 1.29 is 4.74 Å². The molecule has 106 valence electrons. The fourth-order valence-corrected chi connectivity index (χ4v) is 3.32. The van der Waals surface area contributed by atoms with E-state index in [2.05, 4.69) is 31.0 Å². The summed E-state index contributed by atoms with van der Waals surface area (Å²) in [5, 5.41) is 3.46. The van der Waals surface area contributed by atoms with E-state index >= 15 is 0 Å². The van der Waals surface area contributed by atoms with Crippen LogP contribution < -0.4 is 5.32 Å². The van der Waals surface area contributed by atoms with E-state index in [0.29, 0.717) is 12.1 Å². The molecule has 2 aliphatic rings. The lowest BCUT2D eigenvalue weighted by Gasteiger charge is -2.46. The van der Waals surface area contributed by atoms with Crippen molar-refractivity contribution in [2.45, 2.75) is 64.6 Å². The molecular weight excluding hydrogens is 224 g/mol. The molecule has 3 nitrogen and oxygen atoms in total. The summed E-state index contributed by atoms with van der Waals surface area (Å²) in [5.41, 5.74) is 0. The summed E-state index contributed by atoms with van der Waals surface area (Å²) < 4.78 is 5.69. The van der Waals surface area contributed by atoms with E-state index in [1.165, 1.54) is 45.3 Å². The summed E-state index contributed by atoms with van der Waals surface area (Å²) in [7, 11) is 0. The molecule has 0 bridgehead atoms. The quantitative estimate of drug-likeness (QED) is 0.787. The largest absolute Gasteiger partial charge is 0.378 e. The summed E-state index contributed by atoms with van der Waals surface area (Å²) in [6.45, 7) is 11.4. The number of rotatable bonds is 6. The molecule has 0 aromatic carbocycles. The first-order valence-electron chi connectivity index (χ1n) is 7.78. The second kappa shape index (κ2) is 6.88. The smallest absolute Gasteiger partial charge is 0.0604 e. The Morgan fingerprint density at radius 1 is 1.22 bits per heavy atom.